The van der Waals surface area contributed by atoms with Gasteiger partial charge in [0.15, 0.2) is 11.4 Å². The molecule has 8 nitrogen and oxygen atoms in total. The van der Waals surface area contributed by atoms with Crippen molar-refractivity contribution in [1.29, 1.82) is 0 Å². The second kappa shape index (κ2) is 7.05. The summed E-state index contributed by atoms with van der Waals surface area (Å²) >= 11 is 0. The average Bonchev–Trinajstić information content (AvgIpc) is 3.21. The van der Waals surface area contributed by atoms with E-state index >= 15 is 0 Å². The number of carboxylic acids is 1. The number of rotatable bonds is 7. The summed E-state index contributed by atoms with van der Waals surface area (Å²) in [4.78, 5) is 25.1. The van der Waals surface area contributed by atoms with Crippen molar-refractivity contribution in [3.05, 3.63) is 18.0 Å². The summed E-state index contributed by atoms with van der Waals surface area (Å²) in [6, 6.07) is 1.63. The first kappa shape index (κ1) is 17.1. The minimum Gasteiger partial charge on any atom is -0.476 e. The molecule has 1 amide bonds. The van der Waals surface area contributed by atoms with Crippen LogP contribution in [0.1, 0.15) is 55.1 Å². The molecule has 25 heavy (non-hydrogen) atoms. The Morgan fingerprint density at radius 2 is 2.04 bits per heavy atom. The van der Waals surface area contributed by atoms with E-state index in [9.17, 15) is 9.59 Å². The van der Waals surface area contributed by atoms with Gasteiger partial charge in [0, 0.05) is 45.0 Å². The van der Waals surface area contributed by atoms with Crippen molar-refractivity contribution in [3.8, 4) is 12.3 Å². The zero-order chi connectivity index (χ0) is 17.9. The number of hydrogen-bond donors (Lipinski definition) is 1. The fraction of sp³-hybridized carbons (Fsp3) is 0.588. The van der Waals surface area contributed by atoms with E-state index in [0.717, 1.165) is 12.8 Å². The Hall–Kier alpha value is -2.69. The number of carboxylic acid groups (broad SMARTS) is 1. The molecule has 0 bridgehead atoms. The third-order valence-corrected chi connectivity index (χ3v) is 4.81. The molecule has 1 saturated heterocycles. The molecule has 0 unspecified atom stereocenters. The highest BCUT2D eigenvalue weighted by molar-refractivity contribution is 5.85. The van der Waals surface area contributed by atoms with Crippen LogP contribution in [0, 0.1) is 12.3 Å². The van der Waals surface area contributed by atoms with Gasteiger partial charge < -0.3 is 10.0 Å². The fourth-order valence-electron chi connectivity index (χ4n) is 3.17. The van der Waals surface area contributed by atoms with Gasteiger partial charge in [-0.15, -0.1) is 12.3 Å². The van der Waals surface area contributed by atoms with Crippen LogP contribution in [-0.4, -0.2) is 50.4 Å². The van der Waals surface area contributed by atoms with E-state index in [2.05, 4.69) is 21.2 Å². The highest BCUT2D eigenvalue weighted by atomic mass is 16.4. The summed E-state index contributed by atoms with van der Waals surface area (Å²) in [6.45, 7) is 1.30. The Balaban J connectivity index is 1.44. The zero-order valence-electron chi connectivity index (χ0n) is 14.0. The maximum atomic E-state index is 12.4. The molecule has 0 atom stereocenters. The lowest BCUT2D eigenvalue weighted by Gasteiger charge is -2.32. The van der Waals surface area contributed by atoms with Gasteiger partial charge in [0.05, 0.1) is 6.04 Å². The standard InChI is InChI=1S/C17H21N5O3/c1-2-3-8-17(19-20-17)9-4-15(23)21-10-5-13(6-11-21)22-12-7-14(18-22)16(24)25/h1,7,12-13H,3-6,8-11H2,(H,24,25). The van der Waals surface area contributed by atoms with E-state index in [1.165, 1.54) is 6.07 Å². The number of piperidine rings is 1. The van der Waals surface area contributed by atoms with Gasteiger partial charge in [-0.25, -0.2) is 4.79 Å². The number of terminal acetylenes is 1. The predicted octanol–water partition coefficient (Wildman–Crippen LogP) is 2.10. The SMILES string of the molecule is C#CCCC1(CCC(=O)N2CCC(n3ccc(C(=O)O)n3)CC2)N=N1. The molecule has 3 heterocycles. The van der Waals surface area contributed by atoms with E-state index in [1.807, 2.05) is 4.90 Å². The van der Waals surface area contributed by atoms with Crippen LogP contribution in [0.3, 0.4) is 0 Å². The van der Waals surface area contributed by atoms with Gasteiger partial charge >= 0.3 is 5.97 Å². The Kier molecular flexibility index (Phi) is 4.83. The van der Waals surface area contributed by atoms with Gasteiger partial charge in [0.1, 0.15) is 0 Å². The first-order chi connectivity index (χ1) is 12.0. The van der Waals surface area contributed by atoms with E-state index in [0.29, 0.717) is 38.8 Å². The van der Waals surface area contributed by atoms with Crippen LogP contribution in [0.25, 0.3) is 0 Å². The fourth-order valence-corrected chi connectivity index (χ4v) is 3.17. The van der Waals surface area contributed by atoms with Crippen LogP contribution in [0.5, 0.6) is 0 Å². The minimum atomic E-state index is -1.03. The second-order valence-electron chi connectivity index (χ2n) is 6.48. The van der Waals surface area contributed by atoms with Gasteiger partial charge in [0.2, 0.25) is 5.91 Å². The number of aromatic nitrogens is 2. The minimum absolute atomic E-state index is 0.0488. The van der Waals surface area contributed by atoms with Crippen molar-refractivity contribution in [3.63, 3.8) is 0 Å². The van der Waals surface area contributed by atoms with Gasteiger partial charge in [-0.05, 0) is 18.9 Å². The number of amides is 1. The number of carbonyl (C=O) groups is 2. The second-order valence-corrected chi connectivity index (χ2v) is 6.48. The number of nitrogens with zero attached hydrogens (tertiary/aromatic N) is 5. The number of carbonyl (C=O) groups excluding carboxylic acids is 1. The molecule has 0 aromatic carbocycles. The quantitative estimate of drug-likeness (QED) is 0.766. The van der Waals surface area contributed by atoms with Crippen LogP contribution in [-0.2, 0) is 4.79 Å². The summed E-state index contributed by atoms with van der Waals surface area (Å²) in [5.41, 5.74) is -0.365. The Labute approximate surface area is 145 Å². The zero-order valence-corrected chi connectivity index (χ0v) is 14.0. The molecule has 0 saturated carbocycles. The van der Waals surface area contributed by atoms with E-state index in [4.69, 9.17) is 11.5 Å². The molecule has 0 radical (unpaired) electrons. The van der Waals surface area contributed by atoms with Crippen LogP contribution in [0.15, 0.2) is 22.5 Å². The van der Waals surface area contributed by atoms with Crippen molar-refractivity contribution in [1.82, 2.24) is 14.7 Å². The van der Waals surface area contributed by atoms with Crippen molar-refractivity contribution >= 4 is 11.9 Å². The average molecular weight is 343 g/mol. The molecule has 8 heteroatoms. The summed E-state index contributed by atoms with van der Waals surface area (Å²) in [6.07, 6.45) is 10.9. The number of aromatic carboxylic acids is 1. The van der Waals surface area contributed by atoms with Gasteiger partial charge in [-0.1, -0.05) is 0 Å². The molecule has 0 spiro atoms. The first-order valence-electron chi connectivity index (χ1n) is 8.47. The van der Waals surface area contributed by atoms with E-state index < -0.39 is 11.6 Å². The van der Waals surface area contributed by atoms with Crippen molar-refractivity contribution < 1.29 is 14.7 Å². The van der Waals surface area contributed by atoms with Crippen molar-refractivity contribution in [2.45, 2.75) is 50.2 Å². The molecule has 0 aliphatic carbocycles. The van der Waals surface area contributed by atoms with Crippen LogP contribution in [0.2, 0.25) is 0 Å². The number of likely N-dealkylation sites (tertiary alicyclic amines) is 1. The molecule has 1 fully saturated rings. The largest absolute Gasteiger partial charge is 0.476 e. The highest BCUT2D eigenvalue weighted by Gasteiger charge is 2.39. The lowest BCUT2D eigenvalue weighted by atomic mass is 10.0. The first-order valence-corrected chi connectivity index (χ1v) is 8.47. The third-order valence-electron chi connectivity index (χ3n) is 4.81. The van der Waals surface area contributed by atoms with Crippen LogP contribution < -0.4 is 0 Å². The molecular formula is C17H21N5O3. The normalized spacial score (nSPS) is 18.8. The van der Waals surface area contributed by atoms with Gasteiger partial charge in [-0.3, -0.25) is 9.48 Å². The van der Waals surface area contributed by atoms with Crippen molar-refractivity contribution in [2.24, 2.45) is 10.2 Å². The van der Waals surface area contributed by atoms with E-state index in [-0.39, 0.29) is 17.6 Å². The molecule has 2 aliphatic heterocycles. The smallest absolute Gasteiger partial charge is 0.356 e. The predicted molar refractivity (Wildman–Crippen MR) is 88.9 cm³/mol. The van der Waals surface area contributed by atoms with Crippen LogP contribution in [0.4, 0.5) is 0 Å². The van der Waals surface area contributed by atoms with Crippen LogP contribution >= 0.6 is 0 Å². The maximum absolute atomic E-state index is 12.4. The summed E-state index contributed by atoms with van der Waals surface area (Å²) in [5.74, 6) is 1.67. The highest BCUT2D eigenvalue weighted by Crippen LogP contribution is 2.37. The molecule has 1 aromatic heterocycles. The molecule has 1 aromatic rings. The summed E-state index contributed by atoms with van der Waals surface area (Å²) in [5, 5.41) is 21.1. The summed E-state index contributed by atoms with van der Waals surface area (Å²) < 4.78 is 1.70. The van der Waals surface area contributed by atoms with Gasteiger partial charge in [0.25, 0.3) is 0 Å². The topological polar surface area (TPSA) is 100 Å². The lowest BCUT2D eigenvalue weighted by molar-refractivity contribution is -0.132. The third kappa shape index (κ3) is 4.05. The molecule has 3 rings (SSSR count). The maximum Gasteiger partial charge on any atom is 0.356 e. The Morgan fingerprint density at radius 1 is 1.32 bits per heavy atom. The Morgan fingerprint density at radius 3 is 2.60 bits per heavy atom. The van der Waals surface area contributed by atoms with E-state index in [1.54, 1.807) is 10.9 Å². The lowest BCUT2D eigenvalue weighted by Crippen LogP contribution is -2.39. The monoisotopic (exact) mass is 343 g/mol. The molecule has 132 valence electrons. The molecular weight excluding hydrogens is 322 g/mol. The summed E-state index contributed by atoms with van der Waals surface area (Å²) in [7, 11) is 0. The molecule has 2 aliphatic rings. The van der Waals surface area contributed by atoms with Crippen molar-refractivity contribution in [2.75, 3.05) is 13.1 Å². The Bertz CT molecular complexity index is 719. The van der Waals surface area contributed by atoms with Gasteiger partial charge in [-0.2, -0.15) is 15.3 Å². The molecule has 1 N–H and O–H groups in total. The number of hydrogen-bond acceptors (Lipinski definition) is 5.